The molecule has 1 amide bonds. The van der Waals surface area contributed by atoms with Crippen molar-refractivity contribution in [1.82, 2.24) is 9.88 Å². The van der Waals surface area contributed by atoms with Gasteiger partial charge in [-0.3, -0.25) is 4.79 Å². The molecule has 6 heteroatoms. The number of para-hydroxylation sites is 1. The first kappa shape index (κ1) is 21.3. The maximum atomic E-state index is 13.4. The van der Waals surface area contributed by atoms with Gasteiger partial charge in [0.15, 0.2) is 0 Å². The van der Waals surface area contributed by atoms with Gasteiger partial charge in [0.1, 0.15) is 0 Å². The van der Waals surface area contributed by atoms with Gasteiger partial charge in [0.2, 0.25) is 5.95 Å². The first-order valence-corrected chi connectivity index (χ1v) is 11.3. The van der Waals surface area contributed by atoms with Crippen LogP contribution in [0.4, 0.5) is 15.8 Å². The average molecular weight is 444 g/mol. The fourth-order valence-corrected chi connectivity index (χ4v) is 4.66. The number of carbonyl (C=O) groups excluding carboxylic acids is 1. The zero-order valence-corrected chi connectivity index (χ0v) is 18.3. The predicted molar refractivity (Wildman–Crippen MR) is 127 cm³/mol. The van der Waals surface area contributed by atoms with Crippen molar-refractivity contribution in [3.05, 3.63) is 95.6 Å². The summed E-state index contributed by atoms with van der Waals surface area (Å²) in [6.07, 6.45) is 5.42. The van der Waals surface area contributed by atoms with Gasteiger partial charge in [0.05, 0.1) is 5.60 Å². The Hall–Kier alpha value is -3.51. The van der Waals surface area contributed by atoms with E-state index in [9.17, 15) is 14.3 Å². The van der Waals surface area contributed by atoms with E-state index in [4.69, 9.17) is 0 Å². The first-order valence-electron chi connectivity index (χ1n) is 11.3. The molecular weight excluding hydrogens is 417 g/mol. The van der Waals surface area contributed by atoms with Gasteiger partial charge in [0.25, 0.3) is 5.91 Å². The SMILES string of the molecule is O=C(c1ccc(N2CC=Cc3ccccc32)cc1)N1CCC(O)(Cc2cccc(F)n2)CC1. The van der Waals surface area contributed by atoms with Crippen LogP contribution in [0.2, 0.25) is 0 Å². The molecule has 2 aromatic carbocycles. The van der Waals surface area contributed by atoms with Crippen LogP contribution in [0.1, 0.15) is 34.5 Å². The summed E-state index contributed by atoms with van der Waals surface area (Å²) in [7, 11) is 0. The summed E-state index contributed by atoms with van der Waals surface area (Å²) in [5.41, 5.74) is 3.56. The lowest BCUT2D eigenvalue weighted by molar-refractivity contribution is -0.0169. The molecule has 0 atom stereocenters. The molecule has 3 heterocycles. The normalized spacial score (nSPS) is 17.0. The average Bonchev–Trinajstić information content (AvgIpc) is 2.84. The summed E-state index contributed by atoms with van der Waals surface area (Å²) in [4.78, 5) is 20.9. The minimum atomic E-state index is -0.976. The molecule has 0 aliphatic carbocycles. The van der Waals surface area contributed by atoms with Gasteiger partial charge in [-0.1, -0.05) is 36.4 Å². The quantitative estimate of drug-likeness (QED) is 0.599. The number of fused-ring (bicyclic) bond motifs is 1. The Morgan fingerprint density at radius 3 is 2.52 bits per heavy atom. The van der Waals surface area contributed by atoms with Crippen LogP contribution in [0.15, 0.2) is 72.8 Å². The minimum Gasteiger partial charge on any atom is -0.389 e. The van der Waals surface area contributed by atoms with Crippen molar-refractivity contribution in [1.29, 1.82) is 0 Å². The van der Waals surface area contributed by atoms with Crippen molar-refractivity contribution in [2.24, 2.45) is 0 Å². The molecule has 3 aromatic rings. The number of halogens is 1. The second-order valence-corrected chi connectivity index (χ2v) is 8.76. The molecule has 33 heavy (non-hydrogen) atoms. The van der Waals surface area contributed by atoms with Crippen molar-refractivity contribution in [3.8, 4) is 0 Å². The fraction of sp³-hybridized carbons (Fsp3) is 0.259. The fourth-order valence-electron chi connectivity index (χ4n) is 4.66. The molecule has 0 saturated carbocycles. The lowest BCUT2D eigenvalue weighted by atomic mass is 9.86. The standard InChI is InChI=1S/C27H26FN3O2/c28-25-9-3-7-22(29-25)19-27(33)14-17-30(18-15-27)26(32)21-10-12-23(13-11-21)31-16-4-6-20-5-1-2-8-24(20)31/h1-13,33H,14-19H2. The first-order chi connectivity index (χ1) is 16.0. The monoisotopic (exact) mass is 443 g/mol. The van der Waals surface area contributed by atoms with Crippen LogP contribution in [-0.2, 0) is 6.42 Å². The number of carbonyl (C=O) groups is 1. The van der Waals surface area contributed by atoms with E-state index in [2.05, 4.69) is 34.2 Å². The second-order valence-electron chi connectivity index (χ2n) is 8.76. The van der Waals surface area contributed by atoms with Crippen molar-refractivity contribution in [2.75, 3.05) is 24.5 Å². The summed E-state index contributed by atoms with van der Waals surface area (Å²) in [6, 6.07) is 20.6. The van der Waals surface area contributed by atoms with E-state index in [-0.39, 0.29) is 12.3 Å². The number of rotatable bonds is 4. The predicted octanol–water partition coefficient (Wildman–Crippen LogP) is 4.60. The molecule has 0 radical (unpaired) electrons. The number of pyridine rings is 1. The Balaban J connectivity index is 1.23. The lowest BCUT2D eigenvalue weighted by Crippen LogP contribution is -2.47. The molecular formula is C27H26FN3O2. The van der Waals surface area contributed by atoms with Gasteiger partial charge in [0, 0.05) is 48.7 Å². The Bertz CT molecular complexity index is 1180. The molecule has 0 spiro atoms. The smallest absolute Gasteiger partial charge is 0.253 e. The third kappa shape index (κ3) is 4.52. The topological polar surface area (TPSA) is 56.7 Å². The van der Waals surface area contributed by atoms with Gasteiger partial charge in [-0.2, -0.15) is 4.39 Å². The Morgan fingerprint density at radius 1 is 1.00 bits per heavy atom. The maximum Gasteiger partial charge on any atom is 0.253 e. The van der Waals surface area contributed by atoms with Crippen LogP contribution in [0.5, 0.6) is 0 Å². The molecule has 168 valence electrons. The number of piperidine rings is 1. The molecule has 1 saturated heterocycles. The van der Waals surface area contributed by atoms with Gasteiger partial charge < -0.3 is 14.9 Å². The van der Waals surface area contributed by atoms with Gasteiger partial charge >= 0.3 is 0 Å². The number of anilines is 2. The Morgan fingerprint density at radius 2 is 1.76 bits per heavy atom. The van der Waals surface area contributed by atoms with Crippen LogP contribution in [-0.4, -0.2) is 46.1 Å². The van der Waals surface area contributed by atoms with Crippen LogP contribution >= 0.6 is 0 Å². The van der Waals surface area contributed by atoms with E-state index >= 15 is 0 Å². The second kappa shape index (κ2) is 8.79. The van der Waals surface area contributed by atoms with Crippen molar-refractivity contribution >= 4 is 23.4 Å². The summed E-state index contributed by atoms with van der Waals surface area (Å²) in [5.74, 6) is -0.581. The number of likely N-dealkylation sites (tertiary alicyclic amines) is 1. The summed E-state index contributed by atoms with van der Waals surface area (Å²) < 4.78 is 13.4. The molecule has 1 aromatic heterocycles. The van der Waals surface area contributed by atoms with E-state index in [1.165, 1.54) is 11.6 Å². The molecule has 0 bridgehead atoms. The van der Waals surface area contributed by atoms with Crippen molar-refractivity contribution in [3.63, 3.8) is 0 Å². The van der Waals surface area contributed by atoms with E-state index in [0.717, 1.165) is 17.9 Å². The van der Waals surface area contributed by atoms with E-state index in [1.54, 1.807) is 17.0 Å². The number of nitrogens with zero attached hydrogens (tertiary/aromatic N) is 3. The summed E-state index contributed by atoms with van der Waals surface area (Å²) in [5, 5.41) is 10.9. The van der Waals surface area contributed by atoms with Crippen LogP contribution in [0, 0.1) is 5.95 Å². The molecule has 5 nitrogen and oxygen atoms in total. The highest BCUT2D eigenvalue weighted by Crippen LogP contribution is 2.33. The summed E-state index contributed by atoms with van der Waals surface area (Å²) >= 11 is 0. The number of hydrogen-bond donors (Lipinski definition) is 1. The van der Waals surface area contributed by atoms with E-state index < -0.39 is 11.5 Å². The van der Waals surface area contributed by atoms with Crippen LogP contribution in [0.25, 0.3) is 6.08 Å². The third-order valence-electron chi connectivity index (χ3n) is 6.50. The van der Waals surface area contributed by atoms with Gasteiger partial charge in [-0.15, -0.1) is 0 Å². The largest absolute Gasteiger partial charge is 0.389 e. The van der Waals surface area contributed by atoms with Crippen LogP contribution < -0.4 is 4.90 Å². The maximum absolute atomic E-state index is 13.4. The molecule has 1 fully saturated rings. The highest BCUT2D eigenvalue weighted by atomic mass is 19.1. The van der Waals surface area contributed by atoms with E-state index in [0.29, 0.717) is 37.2 Å². The molecule has 2 aliphatic rings. The number of hydrogen-bond acceptors (Lipinski definition) is 4. The summed E-state index contributed by atoms with van der Waals surface area (Å²) in [6.45, 7) is 1.70. The number of aliphatic hydroxyl groups is 1. The molecule has 1 N–H and O–H groups in total. The van der Waals surface area contributed by atoms with Crippen molar-refractivity contribution in [2.45, 2.75) is 24.9 Å². The number of aromatic nitrogens is 1. The Kier molecular flexibility index (Phi) is 5.68. The van der Waals surface area contributed by atoms with Crippen LogP contribution in [0.3, 0.4) is 0 Å². The minimum absolute atomic E-state index is 0.0357. The molecule has 0 unspecified atom stereocenters. The van der Waals surface area contributed by atoms with Gasteiger partial charge in [-0.25, -0.2) is 4.98 Å². The zero-order valence-electron chi connectivity index (χ0n) is 18.3. The third-order valence-corrected chi connectivity index (χ3v) is 6.50. The zero-order chi connectivity index (χ0) is 22.8. The highest BCUT2D eigenvalue weighted by molar-refractivity contribution is 5.95. The number of benzene rings is 2. The van der Waals surface area contributed by atoms with E-state index in [1.807, 2.05) is 36.4 Å². The number of amides is 1. The lowest BCUT2D eigenvalue weighted by Gasteiger charge is -2.38. The molecule has 2 aliphatic heterocycles. The van der Waals surface area contributed by atoms with Crippen molar-refractivity contribution < 1.29 is 14.3 Å². The highest BCUT2D eigenvalue weighted by Gasteiger charge is 2.34. The Labute approximate surface area is 192 Å². The van der Waals surface area contributed by atoms with Gasteiger partial charge in [-0.05, 0) is 60.9 Å². The molecule has 5 rings (SSSR count).